The van der Waals surface area contributed by atoms with Crippen molar-refractivity contribution < 1.29 is 13.6 Å². The quantitative estimate of drug-likeness (QED) is 0.533. The van der Waals surface area contributed by atoms with E-state index in [1.54, 1.807) is 0 Å². The Hall–Kier alpha value is -1.69. The number of rotatable bonds is 3. The van der Waals surface area contributed by atoms with Gasteiger partial charge in [-0.05, 0) is 12.1 Å². The van der Waals surface area contributed by atoms with Crippen molar-refractivity contribution in [3.63, 3.8) is 0 Å². The maximum atomic E-state index is 13.0. The normalized spacial score (nSPS) is 9.50. The minimum absolute atomic E-state index is 0.0386. The molecule has 0 amide bonds. The lowest BCUT2D eigenvalue weighted by Gasteiger charge is -2.00. The number of carbonyl (C=O) groups excluding carboxylic acids is 1. The van der Waals surface area contributed by atoms with Gasteiger partial charge in [0.15, 0.2) is 17.4 Å². The molecule has 0 spiro atoms. The van der Waals surface area contributed by atoms with Gasteiger partial charge in [0.2, 0.25) is 0 Å². The van der Waals surface area contributed by atoms with Gasteiger partial charge in [-0.25, -0.2) is 8.78 Å². The van der Waals surface area contributed by atoms with E-state index in [2.05, 4.69) is 5.92 Å². The van der Waals surface area contributed by atoms with Crippen LogP contribution in [0.4, 0.5) is 8.78 Å². The van der Waals surface area contributed by atoms with Crippen molar-refractivity contribution in [1.82, 2.24) is 0 Å². The average Bonchev–Trinajstić information content (AvgIpc) is 2.18. The zero-order valence-corrected chi connectivity index (χ0v) is 7.39. The molecule has 0 aliphatic carbocycles. The minimum atomic E-state index is -1.10. The molecule has 1 aromatic carbocycles. The second kappa shape index (κ2) is 4.52. The number of ketones is 1. The smallest absolute Gasteiger partial charge is 0.169 e. The zero-order valence-electron chi connectivity index (χ0n) is 7.39. The fourth-order valence-corrected chi connectivity index (χ4v) is 1.04. The van der Waals surface area contributed by atoms with Gasteiger partial charge in [-0.1, -0.05) is 6.07 Å². The molecular formula is C11H8F2O. The second-order valence-electron chi connectivity index (χ2n) is 2.73. The Bertz CT molecular complexity index is 391. The van der Waals surface area contributed by atoms with Crippen LogP contribution in [0.2, 0.25) is 0 Å². The molecule has 0 heterocycles. The summed E-state index contributed by atoms with van der Waals surface area (Å²) in [4.78, 5) is 11.3. The Labute approximate surface area is 80.7 Å². The minimum Gasteiger partial charge on any atom is -0.294 e. The summed E-state index contributed by atoms with van der Waals surface area (Å²) in [7, 11) is 0. The molecule has 1 rings (SSSR count). The molecule has 72 valence electrons. The van der Waals surface area contributed by atoms with Crippen LogP contribution in [0.1, 0.15) is 23.2 Å². The summed E-state index contributed by atoms with van der Waals surface area (Å²) in [5, 5.41) is 0. The molecule has 14 heavy (non-hydrogen) atoms. The Morgan fingerprint density at radius 3 is 2.79 bits per heavy atom. The van der Waals surface area contributed by atoms with Crippen LogP contribution in [-0.2, 0) is 0 Å². The molecule has 0 aliphatic heterocycles. The topological polar surface area (TPSA) is 17.1 Å². The van der Waals surface area contributed by atoms with Crippen molar-refractivity contribution in [2.75, 3.05) is 0 Å². The summed E-state index contributed by atoms with van der Waals surface area (Å²) in [5.74, 6) is -0.326. The van der Waals surface area contributed by atoms with Crippen LogP contribution < -0.4 is 0 Å². The third-order valence-electron chi connectivity index (χ3n) is 1.75. The third kappa shape index (κ3) is 2.17. The van der Waals surface area contributed by atoms with Crippen molar-refractivity contribution >= 4 is 5.78 Å². The van der Waals surface area contributed by atoms with Crippen molar-refractivity contribution in [2.45, 2.75) is 12.8 Å². The Balaban J connectivity index is 2.91. The van der Waals surface area contributed by atoms with E-state index in [1.807, 2.05) is 0 Å². The SMILES string of the molecule is C#CCCC(=O)c1cccc(F)c1F. The molecule has 0 fully saturated rings. The molecule has 0 saturated heterocycles. The summed E-state index contributed by atoms with van der Waals surface area (Å²) in [6.45, 7) is 0. The summed E-state index contributed by atoms with van der Waals surface area (Å²) >= 11 is 0. The number of hydrogen-bond donors (Lipinski definition) is 0. The van der Waals surface area contributed by atoms with Gasteiger partial charge in [-0.3, -0.25) is 4.79 Å². The van der Waals surface area contributed by atoms with Crippen molar-refractivity contribution in [1.29, 1.82) is 0 Å². The van der Waals surface area contributed by atoms with E-state index in [4.69, 9.17) is 6.42 Å². The van der Waals surface area contributed by atoms with E-state index in [1.165, 1.54) is 12.1 Å². The van der Waals surface area contributed by atoms with Crippen molar-refractivity contribution in [3.8, 4) is 12.3 Å². The lowest BCUT2D eigenvalue weighted by molar-refractivity contribution is 0.0979. The van der Waals surface area contributed by atoms with E-state index in [0.717, 1.165) is 6.07 Å². The van der Waals surface area contributed by atoms with Gasteiger partial charge in [-0.2, -0.15) is 0 Å². The molecule has 3 heteroatoms. The molecule has 1 aromatic rings. The molecule has 0 N–H and O–H groups in total. The van der Waals surface area contributed by atoms with Crippen molar-refractivity contribution in [3.05, 3.63) is 35.4 Å². The summed E-state index contributed by atoms with van der Waals surface area (Å²) in [6, 6.07) is 3.51. The summed E-state index contributed by atoms with van der Waals surface area (Å²) in [6.07, 6.45) is 5.22. The predicted octanol–water partition coefficient (Wildman–Crippen LogP) is 2.56. The number of halogens is 2. The van der Waals surface area contributed by atoms with Gasteiger partial charge in [0, 0.05) is 12.8 Å². The van der Waals surface area contributed by atoms with Crippen LogP contribution in [-0.4, -0.2) is 5.78 Å². The number of benzene rings is 1. The van der Waals surface area contributed by atoms with Crippen LogP contribution in [0.3, 0.4) is 0 Å². The largest absolute Gasteiger partial charge is 0.294 e. The molecule has 0 aliphatic rings. The number of carbonyl (C=O) groups is 1. The monoisotopic (exact) mass is 194 g/mol. The zero-order chi connectivity index (χ0) is 10.6. The maximum absolute atomic E-state index is 13.0. The van der Waals surface area contributed by atoms with Crippen molar-refractivity contribution in [2.24, 2.45) is 0 Å². The first-order chi connectivity index (χ1) is 6.66. The molecule has 0 atom stereocenters. The van der Waals surface area contributed by atoms with Crippen LogP contribution in [0, 0.1) is 24.0 Å². The number of Topliss-reactive ketones (excluding diaryl/α,β-unsaturated/α-hetero) is 1. The molecule has 0 radical (unpaired) electrons. The predicted molar refractivity (Wildman–Crippen MR) is 48.8 cm³/mol. The molecule has 0 bridgehead atoms. The Morgan fingerprint density at radius 1 is 1.43 bits per heavy atom. The highest BCUT2D eigenvalue weighted by molar-refractivity contribution is 5.96. The highest BCUT2D eigenvalue weighted by Gasteiger charge is 2.13. The lowest BCUT2D eigenvalue weighted by atomic mass is 10.1. The first-order valence-corrected chi connectivity index (χ1v) is 4.07. The van der Waals surface area contributed by atoms with E-state index >= 15 is 0 Å². The standard InChI is InChI=1S/C11H8F2O/c1-2-3-7-10(14)8-5-4-6-9(12)11(8)13/h1,4-6H,3,7H2. The average molecular weight is 194 g/mol. The van der Waals surface area contributed by atoms with Gasteiger partial charge in [0.1, 0.15) is 0 Å². The van der Waals surface area contributed by atoms with Gasteiger partial charge in [0.05, 0.1) is 5.56 Å². The summed E-state index contributed by atoms with van der Waals surface area (Å²) in [5.41, 5.74) is -0.236. The second-order valence-corrected chi connectivity index (χ2v) is 2.73. The fourth-order valence-electron chi connectivity index (χ4n) is 1.04. The highest BCUT2D eigenvalue weighted by Crippen LogP contribution is 2.13. The van der Waals surface area contributed by atoms with Gasteiger partial charge in [-0.15, -0.1) is 12.3 Å². The first-order valence-electron chi connectivity index (χ1n) is 4.07. The molecule has 0 aromatic heterocycles. The fraction of sp³-hybridized carbons (Fsp3) is 0.182. The van der Waals surface area contributed by atoms with E-state index < -0.39 is 17.4 Å². The first kappa shape index (κ1) is 10.4. The number of hydrogen-bond acceptors (Lipinski definition) is 1. The van der Waals surface area contributed by atoms with Crippen LogP contribution in [0.15, 0.2) is 18.2 Å². The Kier molecular flexibility index (Phi) is 3.35. The molecular weight excluding hydrogens is 186 g/mol. The third-order valence-corrected chi connectivity index (χ3v) is 1.75. The molecule has 0 unspecified atom stereocenters. The summed E-state index contributed by atoms with van der Waals surface area (Å²) < 4.78 is 25.7. The molecule has 1 nitrogen and oxygen atoms in total. The van der Waals surface area contributed by atoms with E-state index in [-0.39, 0.29) is 18.4 Å². The van der Waals surface area contributed by atoms with Gasteiger partial charge < -0.3 is 0 Å². The maximum Gasteiger partial charge on any atom is 0.169 e. The lowest BCUT2D eigenvalue weighted by Crippen LogP contribution is -2.03. The van der Waals surface area contributed by atoms with Crippen LogP contribution in [0.25, 0.3) is 0 Å². The Morgan fingerprint density at radius 2 is 2.14 bits per heavy atom. The van der Waals surface area contributed by atoms with Gasteiger partial charge >= 0.3 is 0 Å². The van der Waals surface area contributed by atoms with Gasteiger partial charge in [0.25, 0.3) is 0 Å². The molecule has 0 saturated carbocycles. The number of terminal acetylenes is 1. The van der Waals surface area contributed by atoms with E-state index in [9.17, 15) is 13.6 Å². The highest BCUT2D eigenvalue weighted by atomic mass is 19.2. The van der Waals surface area contributed by atoms with Crippen LogP contribution >= 0.6 is 0 Å². The van der Waals surface area contributed by atoms with Crippen LogP contribution in [0.5, 0.6) is 0 Å². The van der Waals surface area contributed by atoms with E-state index in [0.29, 0.717) is 0 Å².